The molecule has 2 rings (SSSR count). The van der Waals surface area contributed by atoms with Crippen molar-refractivity contribution in [1.82, 2.24) is 5.32 Å². The van der Waals surface area contributed by atoms with Crippen molar-refractivity contribution in [2.75, 3.05) is 13.7 Å². The van der Waals surface area contributed by atoms with E-state index in [1.807, 2.05) is 18.2 Å². The van der Waals surface area contributed by atoms with Crippen LogP contribution in [0.4, 0.5) is 0 Å². The first-order chi connectivity index (χ1) is 8.63. The topological polar surface area (TPSA) is 81.5 Å². The van der Waals surface area contributed by atoms with Crippen LogP contribution in [0.5, 0.6) is 0 Å². The van der Waals surface area contributed by atoms with Crippen LogP contribution in [-0.2, 0) is 9.53 Å². The highest BCUT2D eigenvalue weighted by Gasteiger charge is 2.37. The average Bonchev–Trinajstić information content (AvgIpc) is 2.78. The van der Waals surface area contributed by atoms with Crippen molar-refractivity contribution in [3.8, 4) is 0 Å². The van der Waals surface area contributed by atoms with Gasteiger partial charge in [-0.2, -0.15) is 0 Å². The van der Waals surface area contributed by atoms with Crippen molar-refractivity contribution in [2.45, 2.75) is 6.42 Å². The fourth-order valence-corrected chi connectivity index (χ4v) is 2.31. The van der Waals surface area contributed by atoms with Gasteiger partial charge in [0.1, 0.15) is 5.92 Å². The number of fused-ring (bicyclic) bond motifs is 1. The smallest absolute Gasteiger partial charge is 0.319 e. The Balaban J connectivity index is 2.21. The van der Waals surface area contributed by atoms with Crippen LogP contribution < -0.4 is 5.32 Å². The largest absolute Gasteiger partial charge is 0.468 e. The van der Waals surface area contributed by atoms with E-state index in [1.54, 1.807) is 6.20 Å². The minimum atomic E-state index is -0.820. The molecule has 0 saturated heterocycles. The number of nitro groups is 1. The predicted octanol–water partition coefficient (Wildman–Crippen LogP) is 0.999. The molecule has 0 bridgehead atoms. The van der Waals surface area contributed by atoms with Crippen LogP contribution in [0.1, 0.15) is 6.42 Å². The molecule has 2 unspecified atom stereocenters. The predicted molar refractivity (Wildman–Crippen MR) is 63.9 cm³/mol. The van der Waals surface area contributed by atoms with Gasteiger partial charge in [0.2, 0.25) is 6.54 Å². The Hall–Kier alpha value is -2.11. The van der Waals surface area contributed by atoms with Crippen molar-refractivity contribution in [3.05, 3.63) is 45.8 Å². The highest BCUT2D eigenvalue weighted by molar-refractivity contribution is 5.76. The van der Waals surface area contributed by atoms with Gasteiger partial charge < -0.3 is 10.1 Å². The van der Waals surface area contributed by atoms with Gasteiger partial charge in [-0.25, -0.2) is 0 Å². The van der Waals surface area contributed by atoms with Gasteiger partial charge in [0.15, 0.2) is 0 Å². The molecule has 0 fully saturated rings. The van der Waals surface area contributed by atoms with E-state index >= 15 is 0 Å². The summed E-state index contributed by atoms with van der Waals surface area (Å²) < 4.78 is 4.66. The van der Waals surface area contributed by atoms with E-state index in [2.05, 4.69) is 10.1 Å². The van der Waals surface area contributed by atoms with E-state index < -0.39 is 23.4 Å². The lowest BCUT2D eigenvalue weighted by Gasteiger charge is -2.20. The molecule has 0 aromatic carbocycles. The lowest BCUT2D eigenvalue weighted by molar-refractivity contribution is -0.484. The summed E-state index contributed by atoms with van der Waals surface area (Å²) in [6.07, 6.45) is 8.26. The van der Waals surface area contributed by atoms with Crippen LogP contribution in [0.3, 0.4) is 0 Å². The van der Waals surface area contributed by atoms with Gasteiger partial charge in [-0.15, -0.1) is 0 Å². The van der Waals surface area contributed by atoms with Crippen molar-refractivity contribution in [2.24, 2.45) is 11.8 Å². The Morgan fingerprint density at radius 3 is 3.17 bits per heavy atom. The minimum Gasteiger partial charge on any atom is -0.468 e. The normalized spacial score (nSPS) is 22.4. The van der Waals surface area contributed by atoms with Gasteiger partial charge in [-0.05, 0) is 18.1 Å². The molecule has 0 spiro atoms. The summed E-state index contributed by atoms with van der Waals surface area (Å²) in [7, 11) is 1.25. The fraction of sp³-hybridized carbons (Fsp3) is 0.417. The first-order valence-corrected chi connectivity index (χ1v) is 5.66. The maximum atomic E-state index is 11.7. The molecule has 0 radical (unpaired) electrons. The lowest BCUT2D eigenvalue weighted by atomic mass is 9.84. The number of carbonyl (C=O) groups excluding carboxylic acids is 1. The zero-order chi connectivity index (χ0) is 13.1. The van der Waals surface area contributed by atoms with Gasteiger partial charge in [-0.3, -0.25) is 14.9 Å². The second kappa shape index (κ2) is 5.03. The fourth-order valence-electron chi connectivity index (χ4n) is 2.31. The monoisotopic (exact) mass is 250 g/mol. The Bertz CT molecular complexity index is 465. The molecule has 96 valence electrons. The molecule has 1 N–H and O–H groups in total. The summed E-state index contributed by atoms with van der Waals surface area (Å²) in [5.74, 6) is -1.35. The van der Waals surface area contributed by atoms with Crippen LogP contribution in [0.2, 0.25) is 0 Å². The van der Waals surface area contributed by atoms with Crippen molar-refractivity contribution >= 4 is 5.97 Å². The van der Waals surface area contributed by atoms with E-state index in [4.69, 9.17) is 0 Å². The molecular weight excluding hydrogens is 236 g/mol. The SMILES string of the molecule is COC(=O)C(C[N+](=O)[O-])C1=CNC2=CC=CCC21. The summed E-state index contributed by atoms with van der Waals surface area (Å²) in [5.41, 5.74) is 1.71. The molecule has 1 aliphatic carbocycles. The molecule has 1 heterocycles. The standard InChI is InChI=1S/C12H14N2O4/c1-18-12(15)10(7-14(16)17)9-6-13-11-5-3-2-4-8(9)11/h2-3,5-6,8,10,13H,4,7H2,1H3. The second-order valence-electron chi connectivity index (χ2n) is 4.22. The van der Waals surface area contributed by atoms with E-state index in [1.165, 1.54) is 7.11 Å². The first kappa shape index (κ1) is 12.3. The highest BCUT2D eigenvalue weighted by Crippen LogP contribution is 2.35. The molecular formula is C12H14N2O4. The summed E-state index contributed by atoms with van der Waals surface area (Å²) in [6, 6.07) is 0. The van der Waals surface area contributed by atoms with Crippen molar-refractivity contribution < 1.29 is 14.5 Å². The molecule has 6 heteroatoms. The quantitative estimate of drug-likeness (QED) is 0.457. The van der Waals surface area contributed by atoms with Crippen LogP contribution in [-0.4, -0.2) is 24.5 Å². The molecule has 18 heavy (non-hydrogen) atoms. The number of esters is 1. The first-order valence-electron chi connectivity index (χ1n) is 5.66. The van der Waals surface area contributed by atoms with Crippen LogP contribution in [0, 0.1) is 22.0 Å². The van der Waals surface area contributed by atoms with Crippen LogP contribution in [0.25, 0.3) is 0 Å². The van der Waals surface area contributed by atoms with E-state index in [-0.39, 0.29) is 5.92 Å². The Morgan fingerprint density at radius 2 is 2.50 bits per heavy atom. The molecule has 0 saturated carbocycles. The maximum Gasteiger partial charge on any atom is 0.319 e. The van der Waals surface area contributed by atoms with E-state index in [0.29, 0.717) is 0 Å². The summed E-state index contributed by atoms with van der Waals surface area (Å²) >= 11 is 0. The number of methoxy groups -OCH3 is 1. The van der Waals surface area contributed by atoms with Crippen LogP contribution >= 0.6 is 0 Å². The molecule has 2 aliphatic rings. The number of allylic oxidation sites excluding steroid dienone is 4. The molecule has 0 aromatic rings. The number of hydrogen-bond donors (Lipinski definition) is 1. The van der Waals surface area contributed by atoms with Gasteiger partial charge in [0.05, 0.1) is 7.11 Å². The molecule has 0 amide bonds. The average molecular weight is 250 g/mol. The summed E-state index contributed by atoms with van der Waals surface area (Å²) in [4.78, 5) is 21.9. The number of carbonyl (C=O) groups is 1. The van der Waals surface area contributed by atoms with E-state index in [9.17, 15) is 14.9 Å². The Labute approximate surface area is 104 Å². The number of rotatable bonds is 4. The third-order valence-electron chi connectivity index (χ3n) is 3.19. The minimum absolute atomic E-state index is 0.0269. The summed E-state index contributed by atoms with van der Waals surface area (Å²) in [5, 5.41) is 13.7. The van der Waals surface area contributed by atoms with Gasteiger partial charge in [0.25, 0.3) is 0 Å². The summed E-state index contributed by atoms with van der Waals surface area (Å²) in [6.45, 7) is -0.437. The number of nitrogens with zero attached hydrogens (tertiary/aromatic N) is 1. The van der Waals surface area contributed by atoms with E-state index in [0.717, 1.165) is 17.7 Å². The maximum absolute atomic E-state index is 11.7. The Morgan fingerprint density at radius 1 is 1.72 bits per heavy atom. The van der Waals surface area contributed by atoms with Crippen molar-refractivity contribution in [3.63, 3.8) is 0 Å². The highest BCUT2D eigenvalue weighted by atomic mass is 16.6. The molecule has 0 aromatic heterocycles. The zero-order valence-electron chi connectivity index (χ0n) is 9.96. The third-order valence-corrected chi connectivity index (χ3v) is 3.19. The van der Waals surface area contributed by atoms with Gasteiger partial charge >= 0.3 is 5.97 Å². The number of ether oxygens (including phenoxy) is 1. The molecule has 6 nitrogen and oxygen atoms in total. The lowest BCUT2D eigenvalue weighted by Crippen LogP contribution is -2.28. The van der Waals surface area contributed by atoms with Crippen LogP contribution in [0.15, 0.2) is 35.7 Å². The second-order valence-corrected chi connectivity index (χ2v) is 4.22. The van der Waals surface area contributed by atoms with Crippen molar-refractivity contribution in [1.29, 1.82) is 0 Å². The Kier molecular flexibility index (Phi) is 3.45. The number of hydrogen-bond acceptors (Lipinski definition) is 5. The zero-order valence-corrected chi connectivity index (χ0v) is 9.96. The van der Waals surface area contributed by atoms with Gasteiger partial charge in [0, 0.05) is 22.7 Å². The van der Waals surface area contributed by atoms with Gasteiger partial charge in [-0.1, -0.05) is 12.2 Å². The molecule has 1 aliphatic heterocycles. The third kappa shape index (κ3) is 2.27. The number of nitrogens with one attached hydrogen (secondary N) is 1. The molecule has 2 atom stereocenters.